The number of nitrogens with zero attached hydrogens (tertiary/aromatic N) is 2. The van der Waals surface area contributed by atoms with Gasteiger partial charge in [-0.05, 0) is 12.1 Å². The lowest BCUT2D eigenvalue weighted by Gasteiger charge is -2.10. The van der Waals surface area contributed by atoms with Crippen LogP contribution in [0.1, 0.15) is 5.56 Å². The molecule has 15 heavy (non-hydrogen) atoms. The summed E-state index contributed by atoms with van der Waals surface area (Å²) in [4.78, 5) is 3.98. The van der Waals surface area contributed by atoms with Crippen molar-refractivity contribution < 1.29 is 0 Å². The first-order valence-corrected chi connectivity index (χ1v) is 4.33. The van der Waals surface area contributed by atoms with Gasteiger partial charge in [0.1, 0.15) is 17.7 Å². The molecule has 0 amide bonds. The fourth-order valence-electron chi connectivity index (χ4n) is 0.889. The minimum atomic E-state index is -0.526. The van der Waals surface area contributed by atoms with E-state index >= 15 is 0 Å². The number of nitrogens with two attached hydrogens (primary N) is 2. The van der Waals surface area contributed by atoms with E-state index in [2.05, 4.69) is 10.3 Å². The molecule has 1 unspecified atom stereocenters. The Kier molecular flexibility index (Phi) is 3.60. The van der Waals surface area contributed by atoms with Crippen molar-refractivity contribution in [3.8, 4) is 6.07 Å². The standard InChI is InChI=1S/C9H12N6/c10-3-6-1-2-8(14-4-6)15-5-7(11)9(12)13/h1-2,4,7H,5,11H2,(H3,12,13)(H,14,15). The molecule has 0 saturated carbocycles. The second-order valence-electron chi connectivity index (χ2n) is 2.99. The van der Waals surface area contributed by atoms with E-state index in [1.54, 1.807) is 12.1 Å². The number of aromatic nitrogens is 1. The maximum atomic E-state index is 8.54. The Morgan fingerprint density at radius 2 is 2.40 bits per heavy atom. The van der Waals surface area contributed by atoms with E-state index in [1.807, 2.05) is 6.07 Å². The normalized spacial score (nSPS) is 11.5. The summed E-state index contributed by atoms with van der Waals surface area (Å²) in [6.45, 7) is 0.342. The first kappa shape index (κ1) is 10.9. The van der Waals surface area contributed by atoms with Crippen LogP contribution in [0.2, 0.25) is 0 Å². The Balaban J connectivity index is 2.52. The second kappa shape index (κ2) is 4.93. The number of nitriles is 1. The van der Waals surface area contributed by atoms with Crippen molar-refractivity contribution in [1.82, 2.24) is 4.98 Å². The number of rotatable bonds is 4. The summed E-state index contributed by atoms with van der Waals surface area (Å²) >= 11 is 0. The van der Waals surface area contributed by atoms with Gasteiger partial charge in [-0.1, -0.05) is 0 Å². The number of anilines is 1. The Morgan fingerprint density at radius 3 is 2.87 bits per heavy atom. The van der Waals surface area contributed by atoms with Crippen LogP contribution in [0, 0.1) is 16.7 Å². The average molecular weight is 204 g/mol. The molecular weight excluding hydrogens is 192 g/mol. The van der Waals surface area contributed by atoms with Gasteiger partial charge in [-0.25, -0.2) is 4.98 Å². The SMILES string of the molecule is N#Cc1ccc(NCC(N)C(=N)N)nc1. The molecule has 78 valence electrons. The van der Waals surface area contributed by atoms with Crippen LogP contribution in [-0.2, 0) is 0 Å². The molecule has 1 aromatic rings. The van der Waals surface area contributed by atoms with Gasteiger partial charge >= 0.3 is 0 Å². The van der Waals surface area contributed by atoms with Crippen LogP contribution >= 0.6 is 0 Å². The summed E-state index contributed by atoms with van der Waals surface area (Å²) in [5.74, 6) is 0.529. The van der Waals surface area contributed by atoms with E-state index in [1.165, 1.54) is 6.20 Å². The Hall–Kier alpha value is -2.13. The van der Waals surface area contributed by atoms with Gasteiger partial charge in [0.15, 0.2) is 0 Å². The fraction of sp³-hybridized carbons (Fsp3) is 0.222. The first-order chi connectivity index (χ1) is 7.13. The van der Waals surface area contributed by atoms with Crippen LogP contribution in [-0.4, -0.2) is 23.4 Å². The molecule has 1 heterocycles. The lowest BCUT2D eigenvalue weighted by Crippen LogP contribution is -2.41. The van der Waals surface area contributed by atoms with Crippen molar-refractivity contribution in [2.75, 3.05) is 11.9 Å². The molecule has 0 fully saturated rings. The topological polar surface area (TPSA) is 125 Å². The zero-order valence-electron chi connectivity index (χ0n) is 8.07. The van der Waals surface area contributed by atoms with Gasteiger partial charge in [-0.15, -0.1) is 0 Å². The third-order valence-electron chi connectivity index (χ3n) is 1.80. The molecule has 1 rings (SSSR count). The molecule has 6 heteroatoms. The maximum absolute atomic E-state index is 8.54. The predicted octanol–water partition coefficient (Wildman–Crippen LogP) is -0.372. The van der Waals surface area contributed by atoms with Crippen molar-refractivity contribution in [3.63, 3.8) is 0 Å². The Labute approximate surface area is 87.4 Å². The van der Waals surface area contributed by atoms with Gasteiger partial charge < -0.3 is 16.8 Å². The predicted molar refractivity (Wildman–Crippen MR) is 57.3 cm³/mol. The molecule has 1 aromatic heterocycles. The van der Waals surface area contributed by atoms with Crippen molar-refractivity contribution in [3.05, 3.63) is 23.9 Å². The van der Waals surface area contributed by atoms with Crippen molar-refractivity contribution in [2.45, 2.75) is 6.04 Å². The highest BCUT2D eigenvalue weighted by atomic mass is 15.0. The largest absolute Gasteiger partial charge is 0.386 e. The van der Waals surface area contributed by atoms with E-state index in [9.17, 15) is 0 Å². The molecule has 1 atom stereocenters. The van der Waals surface area contributed by atoms with E-state index in [0.29, 0.717) is 17.9 Å². The van der Waals surface area contributed by atoms with Gasteiger partial charge in [-0.2, -0.15) is 5.26 Å². The van der Waals surface area contributed by atoms with Crippen LogP contribution in [0.25, 0.3) is 0 Å². The van der Waals surface area contributed by atoms with Gasteiger partial charge in [0.25, 0.3) is 0 Å². The Bertz CT molecular complexity index is 377. The quantitative estimate of drug-likeness (QED) is 0.393. The number of hydrogen-bond donors (Lipinski definition) is 4. The van der Waals surface area contributed by atoms with Crippen LogP contribution in [0.5, 0.6) is 0 Å². The lowest BCUT2D eigenvalue weighted by atomic mass is 10.3. The van der Waals surface area contributed by atoms with Gasteiger partial charge in [-0.3, -0.25) is 5.41 Å². The van der Waals surface area contributed by atoms with Crippen molar-refractivity contribution in [1.29, 1.82) is 10.7 Å². The third kappa shape index (κ3) is 3.25. The summed E-state index contributed by atoms with van der Waals surface area (Å²) in [7, 11) is 0. The fourth-order valence-corrected chi connectivity index (χ4v) is 0.889. The monoisotopic (exact) mass is 204 g/mol. The first-order valence-electron chi connectivity index (χ1n) is 4.33. The highest BCUT2D eigenvalue weighted by molar-refractivity contribution is 5.83. The molecule has 0 radical (unpaired) electrons. The van der Waals surface area contributed by atoms with Crippen LogP contribution in [0.3, 0.4) is 0 Å². The molecule has 0 aliphatic rings. The molecule has 0 saturated heterocycles. The van der Waals surface area contributed by atoms with E-state index in [4.69, 9.17) is 22.1 Å². The molecule has 6 nitrogen and oxygen atoms in total. The summed E-state index contributed by atoms with van der Waals surface area (Å²) in [5.41, 5.74) is 11.2. The second-order valence-corrected chi connectivity index (χ2v) is 2.99. The third-order valence-corrected chi connectivity index (χ3v) is 1.80. The smallest absolute Gasteiger partial charge is 0.126 e. The minimum absolute atomic E-state index is 0.0730. The molecular formula is C9H12N6. The zero-order valence-corrected chi connectivity index (χ0v) is 8.07. The average Bonchev–Trinajstić information content (AvgIpc) is 2.26. The van der Waals surface area contributed by atoms with Gasteiger partial charge in [0.05, 0.1) is 11.6 Å². The molecule has 0 aliphatic heterocycles. The molecule has 0 bridgehead atoms. The maximum Gasteiger partial charge on any atom is 0.126 e. The van der Waals surface area contributed by atoms with E-state index in [0.717, 1.165) is 0 Å². The summed E-state index contributed by atoms with van der Waals surface area (Å²) in [5, 5.41) is 18.5. The molecule has 6 N–H and O–H groups in total. The highest BCUT2D eigenvalue weighted by Crippen LogP contribution is 2.03. The van der Waals surface area contributed by atoms with Gasteiger partial charge in [0, 0.05) is 12.7 Å². The summed E-state index contributed by atoms with van der Waals surface area (Å²) in [6, 6.07) is 4.76. The molecule has 0 spiro atoms. The van der Waals surface area contributed by atoms with Crippen molar-refractivity contribution >= 4 is 11.7 Å². The lowest BCUT2D eigenvalue weighted by molar-refractivity contribution is 0.877. The summed E-state index contributed by atoms with van der Waals surface area (Å²) in [6.07, 6.45) is 1.46. The minimum Gasteiger partial charge on any atom is -0.386 e. The number of amidine groups is 1. The van der Waals surface area contributed by atoms with Crippen LogP contribution in [0.15, 0.2) is 18.3 Å². The van der Waals surface area contributed by atoms with Gasteiger partial charge in [0.2, 0.25) is 0 Å². The van der Waals surface area contributed by atoms with Crippen LogP contribution in [0.4, 0.5) is 5.82 Å². The number of hydrogen-bond acceptors (Lipinski definition) is 5. The highest BCUT2D eigenvalue weighted by Gasteiger charge is 2.04. The van der Waals surface area contributed by atoms with Crippen LogP contribution < -0.4 is 16.8 Å². The number of pyridine rings is 1. The molecule has 0 aromatic carbocycles. The van der Waals surface area contributed by atoms with E-state index in [-0.39, 0.29) is 5.84 Å². The molecule has 0 aliphatic carbocycles. The van der Waals surface area contributed by atoms with Crippen molar-refractivity contribution in [2.24, 2.45) is 11.5 Å². The zero-order chi connectivity index (χ0) is 11.3. The van der Waals surface area contributed by atoms with E-state index < -0.39 is 6.04 Å². The Morgan fingerprint density at radius 1 is 1.67 bits per heavy atom. The summed E-state index contributed by atoms with van der Waals surface area (Å²) < 4.78 is 0. The number of nitrogens with one attached hydrogen (secondary N) is 2.